The second-order valence-electron chi connectivity index (χ2n) is 13.7. The molecule has 8 rings (SSSR count). The molecule has 0 saturated heterocycles. The third kappa shape index (κ3) is 5.86. The summed E-state index contributed by atoms with van der Waals surface area (Å²) in [4.78, 5) is 9.90. The van der Waals surface area contributed by atoms with Gasteiger partial charge in [0, 0.05) is 34.6 Å². The van der Waals surface area contributed by atoms with Gasteiger partial charge in [0.25, 0.3) is 0 Å². The lowest BCUT2D eigenvalue weighted by atomic mass is 9.87. The van der Waals surface area contributed by atoms with Crippen LogP contribution >= 0.6 is 0 Å². The van der Waals surface area contributed by atoms with E-state index in [-0.39, 0.29) is 11.2 Å². The zero-order valence-corrected chi connectivity index (χ0v) is 28.4. The number of aromatic nitrogens is 3. The Bertz CT molecular complexity index is 2490. The number of hydrogen-bond donors (Lipinski definition) is 1. The first-order chi connectivity index (χ1) is 24.3. The summed E-state index contributed by atoms with van der Waals surface area (Å²) in [6.45, 7) is 6.65. The van der Waals surface area contributed by atoms with Crippen molar-refractivity contribution in [1.29, 1.82) is 0 Å². The summed E-state index contributed by atoms with van der Waals surface area (Å²) in [5, 5.41) is 11.0. The fourth-order valence-electron chi connectivity index (χ4n) is 6.72. The summed E-state index contributed by atoms with van der Waals surface area (Å²) >= 11 is 0. The minimum atomic E-state index is 0.0125. The summed E-state index contributed by atoms with van der Waals surface area (Å²) in [5.74, 6) is 0.194. The van der Waals surface area contributed by atoms with Crippen molar-refractivity contribution >= 4 is 5.52 Å². The molecule has 0 unspecified atom stereocenters. The summed E-state index contributed by atoms with van der Waals surface area (Å²) in [6.07, 6.45) is 4.02. The Morgan fingerprint density at radius 1 is 0.500 bits per heavy atom. The standard InChI is InChI=1S/C46H37N3O/c1-46(2,3)35-23-24-47-40(29-35)32-16-13-17-33(26-32)41-27-34(28-42(48-41)38-20-9-10-22-45(38)50)36-18-7-8-19-37(36)39-30-44(31-14-5-4-6-15-31)49-25-12-11-21-43(39)49/h4-30,50H,1-3H3. The molecule has 0 aliphatic rings. The number of phenols is 1. The van der Waals surface area contributed by atoms with Crippen molar-refractivity contribution in [3.05, 3.63) is 170 Å². The molecular formula is C46H37N3O. The van der Waals surface area contributed by atoms with Gasteiger partial charge in [0.2, 0.25) is 0 Å². The second-order valence-corrected chi connectivity index (χ2v) is 13.7. The van der Waals surface area contributed by atoms with Gasteiger partial charge in [-0.25, -0.2) is 4.98 Å². The van der Waals surface area contributed by atoms with E-state index >= 15 is 0 Å². The van der Waals surface area contributed by atoms with E-state index in [1.807, 2.05) is 30.5 Å². The summed E-state index contributed by atoms with van der Waals surface area (Å²) in [5.41, 5.74) is 14.2. The first-order valence-corrected chi connectivity index (χ1v) is 17.0. The number of phenolic OH excluding ortho intramolecular Hbond substituents is 1. The highest BCUT2D eigenvalue weighted by molar-refractivity contribution is 5.95. The minimum absolute atomic E-state index is 0.0125. The fraction of sp³-hybridized carbons (Fsp3) is 0.0870. The van der Waals surface area contributed by atoms with Crippen LogP contribution in [-0.2, 0) is 5.41 Å². The van der Waals surface area contributed by atoms with Gasteiger partial charge in [-0.05, 0) is 93.9 Å². The average Bonchev–Trinajstić information content (AvgIpc) is 3.55. The van der Waals surface area contributed by atoms with E-state index in [1.165, 1.54) is 5.56 Å². The fourth-order valence-corrected chi connectivity index (χ4v) is 6.72. The Morgan fingerprint density at radius 3 is 1.94 bits per heavy atom. The Hall–Kier alpha value is -6.26. The third-order valence-corrected chi connectivity index (χ3v) is 9.36. The van der Waals surface area contributed by atoms with Crippen LogP contribution < -0.4 is 0 Å². The minimum Gasteiger partial charge on any atom is -0.507 e. The molecule has 0 saturated carbocycles. The molecule has 4 aromatic carbocycles. The van der Waals surface area contributed by atoms with Crippen LogP contribution in [0.1, 0.15) is 26.3 Å². The van der Waals surface area contributed by atoms with Crippen LogP contribution in [0.25, 0.3) is 72.8 Å². The van der Waals surface area contributed by atoms with E-state index in [0.717, 1.165) is 61.5 Å². The highest BCUT2D eigenvalue weighted by Crippen LogP contribution is 2.41. The number of nitrogens with zero attached hydrogens (tertiary/aromatic N) is 3. The van der Waals surface area contributed by atoms with Gasteiger partial charge in [-0.15, -0.1) is 0 Å². The molecule has 1 N–H and O–H groups in total. The van der Waals surface area contributed by atoms with Crippen LogP contribution in [0, 0.1) is 0 Å². The molecule has 8 aromatic rings. The number of pyridine rings is 3. The Kier molecular flexibility index (Phi) is 7.85. The van der Waals surface area contributed by atoms with Crippen LogP contribution in [0.15, 0.2) is 164 Å². The zero-order chi connectivity index (χ0) is 34.2. The molecule has 0 spiro atoms. The molecule has 4 heteroatoms. The highest BCUT2D eigenvalue weighted by atomic mass is 16.3. The van der Waals surface area contributed by atoms with Gasteiger partial charge in [0.1, 0.15) is 5.75 Å². The van der Waals surface area contributed by atoms with Crippen molar-refractivity contribution in [1.82, 2.24) is 14.4 Å². The first kappa shape index (κ1) is 31.0. The van der Waals surface area contributed by atoms with Crippen LogP contribution in [0.3, 0.4) is 0 Å². The van der Waals surface area contributed by atoms with Gasteiger partial charge >= 0.3 is 0 Å². The molecule has 0 radical (unpaired) electrons. The van der Waals surface area contributed by atoms with Crippen LogP contribution in [0.5, 0.6) is 5.75 Å². The molecule has 0 aliphatic carbocycles. The molecule has 4 nitrogen and oxygen atoms in total. The Labute approximate surface area is 293 Å². The molecule has 0 atom stereocenters. The molecular weight excluding hydrogens is 611 g/mol. The molecule has 0 amide bonds. The van der Waals surface area contributed by atoms with Gasteiger partial charge < -0.3 is 9.51 Å². The van der Waals surface area contributed by atoms with E-state index in [9.17, 15) is 5.11 Å². The normalized spacial score (nSPS) is 11.6. The van der Waals surface area contributed by atoms with E-state index in [0.29, 0.717) is 11.3 Å². The number of fused-ring (bicyclic) bond motifs is 1. The number of para-hydroxylation sites is 1. The lowest BCUT2D eigenvalue weighted by molar-refractivity contribution is 0.477. The number of rotatable bonds is 6. The van der Waals surface area contributed by atoms with Crippen molar-refractivity contribution in [2.45, 2.75) is 26.2 Å². The largest absolute Gasteiger partial charge is 0.507 e. The zero-order valence-electron chi connectivity index (χ0n) is 28.4. The van der Waals surface area contributed by atoms with Crippen molar-refractivity contribution in [3.63, 3.8) is 0 Å². The smallest absolute Gasteiger partial charge is 0.124 e. The Balaban J connectivity index is 1.32. The van der Waals surface area contributed by atoms with Gasteiger partial charge in [-0.1, -0.05) is 112 Å². The van der Waals surface area contributed by atoms with Crippen LogP contribution in [0.2, 0.25) is 0 Å². The molecule has 242 valence electrons. The molecule has 0 aliphatic heterocycles. The van der Waals surface area contributed by atoms with Gasteiger partial charge in [-0.2, -0.15) is 0 Å². The lowest BCUT2D eigenvalue weighted by Crippen LogP contribution is -2.11. The van der Waals surface area contributed by atoms with Gasteiger partial charge in [-0.3, -0.25) is 4.98 Å². The number of hydrogen-bond acceptors (Lipinski definition) is 3. The summed E-state index contributed by atoms with van der Waals surface area (Å²) < 4.78 is 2.26. The van der Waals surface area contributed by atoms with Gasteiger partial charge in [0.15, 0.2) is 0 Å². The van der Waals surface area contributed by atoms with Crippen molar-refractivity contribution < 1.29 is 5.11 Å². The maximum atomic E-state index is 11.0. The summed E-state index contributed by atoms with van der Waals surface area (Å²) in [7, 11) is 0. The molecule has 50 heavy (non-hydrogen) atoms. The van der Waals surface area contributed by atoms with E-state index < -0.39 is 0 Å². The molecule has 0 bridgehead atoms. The topological polar surface area (TPSA) is 50.4 Å². The Morgan fingerprint density at radius 2 is 1.16 bits per heavy atom. The first-order valence-electron chi connectivity index (χ1n) is 17.0. The second kappa shape index (κ2) is 12.6. The number of aromatic hydroxyl groups is 1. The van der Waals surface area contributed by atoms with E-state index in [1.54, 1.807) is 6.07 Å². The molecule has 4 heterocycles. The maximum absolute atomic E-state index is 11.0. The predicted octanol–water partition coefficient (Wildman–Crippen LogP) is 11.7. The maximum Gasteiger partial charge on any atom is 0.124 e. The van der Waals surface area contributed by atoms with Crippen molar-refractivity contribution in [3.8, 4) is 73.0 Å². The number of benzene rings is 4. The van der Waals surface area contributed by atoms with Crippen LogP contribution in [-0.4, -0.2) is 19.5 Å². The molecule has 0 fully saturated rings. The highest BCUT2D eigenvalue weighted by Gasteiger charge is 2.19. The quantitative estimate of drug-likeness (QED) is 0.195. The SMILES string of the molecule is CC(C)(C)c1ccnc(-c2cccc(-c3cc(-c4ccccc4-c4cc(-c5ccccc5)n5ccccc45)cc(-c4ccccc4O)n3)c2)c1. The summed E-state index contributed by atoms with van der Waals surface area (Å²) in [6, 6.07) is 52.1. The lowest BCUT2D eigenvalue weighted by Gasteiger charge is -2.19. The van der Waals surface area contributed by atoms with Crippen molar-refractivity contribution in [2.75, 3.05) is 0 Å². The van der Waals surface area contributed by atoms with E-state index in [4.69, 9.17) is 9.97 Å². The van der Waals surface area contributed by atoms with Crippen molar-refractivity contribution in [2.24, 2.45) is 0 Å². The molecule has 4 aromatic heterocycles. The van der Waals surface area contributed by atoms with Gasteiger partial charge in [0.05, 0.1) is 28.3 Å². The van der Waals surface area contributed by atoms with Crippen LogP contribution in [0.4, 0.5) is 0 Å². The third-order valence-electron chi connectivity index (χ3n) is 9.36. The van der Waals surface area contributed by atoms with E-state index in [2.05, 4.69) is 153 Å². The predicted molar refractivity (Wildman–Crippen MR) is 206 cm³/mol. The average molecular weight is 648 g/mol. The monoisotopic (exact) mass is 647 g/mol.